The summed E-state index contributed by atoms with van der Waals surface area (Å²) >= 11 is 0. The van der Waals surface area contributed by atoms with Crippen LogP contribution in [0.25, 0.3) is 0 Å². The van der Waals surface area contributed by atoms with Gasteiger partial charge in [-0.05, 0) is 85.8 Å². The molecule has 13 nitrogen and oxygen atoms in total. The summed E-state index contributed by atoms with van der Waals surface area (Å²) in [6.07, 6.45) is 1.07. The summed E-state index contributed by atoms with van der Waals surface area (Å²) in [5, 5.41) is 4.69. The molecule has 5 heterocycles. The van der Waals surface area contributed by atoms with Crippen molar-refractivity contribution in [2.45, 2.75) is 109 Å². The predicted octanol–water partition coefficient (Wildman–Crippen LogP) is 3.70. The average Bonchev–Trinajstić information content (AvgIpc) is 3.54. The minimum atomic E-state index is -0.739. The third-order valence-electron chi connectivity index (χ3n) is 11.0. The van der Waals surface area contributed by atoms with Crippen molar-refractivity contribution in [3.8, 4) is 0 Å². The minimum absolute atomic E-state index is 0.0545. The number of ether oxygens (including phenoxy) is 1. The Morgan fingerprint density at radius 3 is 1.73 bits per heavy atom. The molecule has 7 amide bonds. The Morgan fingerprint density at radius 1 is 0.745 bits per heavy atom. The Hall–Kier alpha value is -5.07. The van der Waals surface area contributed by atoms with Gasteiger partial charge < -0.3 is 19.4 Å². The maximum absolute atomic E-state index is 13.8. The highest BCUT2D eigenvalue weighted by Gasteiger charge is 2.50. The number of benzene rings is 2. The Kier molecular flexibility index (Phi) is 8.30. The lowest BCUT2D eigenvalue weighted by molar-refractivity contribution is -0.138. The van der Waals surface area contributed by atoms with Gasteiger partial charge in [-0.15, -0.1) is 0 Å². The van der Waals surface area contributed by atoms with E-state index in [1.165, 1.54) is 4.90 Å². The fraction of sp³-hybridized carbons (Fsp3) is 0.500. The Balaban J connectivity index is 1.20. The number of carbonyl (C=O) groups excluding carboxylic acids is 7. The lowest BCUT2D eigenvalue weighted by Crippen LogP contribution is -2.52. The topological polar surface area (TPSA) is 162 Å². The molecule has 7 rings (SSSR count). The molecule has 0 bridgehead atoms. The number of hydrogen-bond donors (Lipinski definition) is 2. The molecule has 0 saturated carbocycles. The molecule has 2 aromatic rings. The molecule has 4 atom stereocenters. The summed E-state index contributed by atoms with van der Waals surface area (Å²) in [5.41, 5.74) is 3.11. The van der Waals surface area contributed by atoms with Crippen LogP contribution in [0.4, 0.5) is 4.79 Å². The first-order chi connectivity index (χ1) is 24.0. The minimum Gasteiger partial charge on any atom is -0.444 e. The highest BCUT2D eigenvalue weighted by molar-refractivity contribution is 6.06. The van der Waals surface area contributed by atoms with Gasteiger partial charge in [-0.1, -0.05) is 38.1 Å². The third kappa shape index (κ3) is 6.06. The van der Waals surface area contributed by atoms with Crippen molar-refractivity contribution in [1.82, 2.24) is 25.3 Å². The SMILES string of the molecule is CC(C)(C)OC(=O)N1CCC(c2ccc3c(c2)CN(C2CCC(=O)NC2=O)C3=O)C(C)(C)C1c1ccc2c(c1)CN(C1CCC(=O)NC1=O)C2=O. The summed E-state index contributed by atoms with van der Waals surface area (Å²) in [7, 11) is 0. The zero-order chi connectivity index (χ0) is 36.6. The van der Waals surface area contributed by atoms with Crippen LogP contribution in [0.3, 0.4) is 0 Å². The van der Waals surface area contributed by atoms with Gasteiger partial charge in [0.15, 0.2) is 0 Å². The van der Waals surface area contributed by atoms with E-state index in [-0.39, 0.29) is 68.3 Å². The summed E-state index contributed by atoms with van der Waals surface area (Å²) in [4.78, 5) is 94.4. The first kappa shape index (κ1) is 34.4. The van der Waals surface area contributed by atoms with Crippen LogP contribution in [0.15, 0.2) is 36.4 Å². The summed E-state index contributed by atoms with van der Waals surface area (Å²) in [6, 6.07) is 9.47. The van der Waals surface area contributed by atoms with Gasteiger partial charge in [-0.25, -0.2) is 4.79 Å². The zero-order valence-corrected chi connectivity index (χ0v) is 29.5. The average molecular weight is 698 g/mol. The molecule has 2 N–H and O–H groups in total. The second-order valence-electron chi connectivity index (χ2n) is 15.9. The zero-order valence-electron chi connectivity index (χ0n) is 29.5. The molecule has 4 unspecified atom stereocenters. The van der Waals surface area contributed by atoms with Gasteiger partial charge in [0, 0.05) is 43.6 Å². The van der Waals surface area contributed by atoms with Crippen LogP contribution in [0, 0.1) is 5.41 Å². The Morgan fingerprint density at radius 2 is 1.24 bits per heavy atom. The second kappa shape index (κ2) is 12.3. The van der Waals surface area contributed by atoms with Crippen LogP contribution in [0.5, 0.6) is 0 Å². The number of rotatable bonds is 4. The largest absolute Gasteiger partial charge is 0.444 e. The van der Waals surface area contributed by atoms with Gasteiger partial charge in [0.05, 0.1) is 6.04 Å². The third-order valence-corrected chi connectivity index (χ3v) is 11.0. The molecule has 0 aromatic heterocycles. The maximum Gasteiger partial charge on any atom is 0.410 e. The smallest absolute Gasteiger partial charge is 0.410 e. The van der Waals surface area contributed by atoms with E-state index < -0.39 is 47.0 Å². The number of nitrogens with one attached hydrogen (secondary N) is 2. The van der Waals surface area contributed by atoms with Crippen LogP contribution >= 0.6 is 0 Å². The number of piperidine rings is 3. The van der Waals surface area contributed by atoms with Crippen LogP contribution < -0.4 is 10.6 Å². The number of hydrogen-bond acceptors (Lipinski definition) is 8. The fourth-order valence-corrected chi connectivity index (χ4v) is 8.66. The van der Waals surface area contributed by atoms with Crippen molar-refractivity contribution in [3.05, 3.63) is 69.8 Å². The monoisotopic (exact) mass is 697 g/mol. The van der Waals surface area contributed by atoms with Gasteiger partial charge in [-0.2, -0.15) is 0 Å². The van der Waals surface area contributed by atoms with E-state index in [1.807, 2.05) is 51.1 Å². The summed E-state index contributed by atoms with van der Waals surface area (Å²) < 4.78 is 5.90. The molecule has 0 spiro atoms. The molecule has 0 radical (unpaired) electrons. The van der Waals surface area contributed by atoms with Crippen molar-refractivity contribution < 1.29 is 38.3 Å². The second-order valence-corrected chi connectivity index (χ2v) is 15.9. The molecule has 3 saturated heterocycles. The van der Waals surface area contributed by atoms with E-state index in [0.29, 0.717) is 24.1 Å². The van der Waals surface area contributed by atoms with E-state index in [9.17, 15) is 33.6 Å². The van der Waals surface area contributed by atoms with Gasteiger partial charge in [0.1, 0.15) is 17.7 Å². The lowest BCUT2D eigenvalue weighted by Gasteiger charge is -2.51. The highest BCUT2D eigenvalue weighted by atomic mass is 16.6. The van der Waals surface area contributed by atoms with Gasteiger partial charge in [0.25, 0.3) is 11.8 Å². The molecular weight excluding hydrogens is 654 g/mol. The standard InChI is InChI=1S/C38H43N5O8/c1-37(2,3)51-36(50)41-15-14-26(20-6-8-24-22(16-20)18-42(34(24)48)27-10-12-29(44)39-32(27)46)38(4,5)31(41)21-7-9-25-23(17-21)19-43(35(25)49)28-11-13-30(45)40-33(28)47/h6-9,16-17,26-28,31H,10-15,18-19H2,1-5H3,(H,39,44,46)(H,40,45,47). The van der Waals surface area contributed by atoms with Gasteiger partial charge in [-0.3, -0.25) is 39.4 Å². The van der Waals surface area contributed by atoms with Gasteiger partial charge >= 0.3 is 6.09 Å². The quantitative estimate of drug-likeness (QED) is 0.457. The van der Waals surface area contributed by atoms with E-state index >= 15 is 0 Å². The molecule has 3 fully saturated rings. The maximum atomic E-state index is 13.8. The normalized spacial score (nSPS) is 26.2. The number of likely N-dealkylation sites (tertiary alicyclic amines) is 1. The highest BCUT2D eigenvalue weighted by Crippen LogP contribution is 2.54. The van der Waals surface area contributed by atoms with Crippen LogP contribution in [0.2, 0.25) is 0 Å². The van der Waals surface area contributed by atoms with Crippen molar-refractivity contribution in [2.24, 2.45) is 5.41 Å². The molecule has 268 valence electrons. The molecule has 2 aromatic carbocycles. The lowest BCUT2D eigenvalue weighted by atomic mass is 9.63. The van der Waals surface area contributed by atoms with Crippen LogP contribution in [-0.4, -0.2) is 80.5 Å². The van der Waals surface area contributed by atoms with Gasteiger partial charge in [0.2, 0.25) is 23.6 Å². The Bertz CT molecular complexity index is 1900. The molecule has 13 heteroatoms. The number of amides is 7. The number of nitrogens with zero attached hydrogens (tertiary/aromatic N) is 3. The van der Waals surface area contributed by atoms with Crippen LogP contribution in [-0.2, 0) is 37.0 Å². The first-order valence-corrected chi connectivity index (χ1v) is 17.6. The number of fused-ring (bicyclic) bond motifs is 2. The molecule has 5 aliphatic heterocycles. The van der Waals surface area contributed by atoms with Crippen molar-refractivity contribution in [3.63, 3.8) is 0 Å². The van der Waals surface area contributed by atoms with E-state index in [0.717, 1.165) is 22.3 Å². The number of carbonyl (C=O) groups is 7. The molecule has 51 heavy (non-hydrogen) atoms. The van der Waals surface area contributed by atoms with E-state index in [2.05, 4.69) is 24.5 Å². The summed E-state index contributed by atoms with van der Waals surface area (Å²) in [6.45, 7) is 10.6. The number of imide groups is 2. The Labute approximate surface area is 296 Å². The van der Waals surface area contributed by atoms with E-state index in [1.54, 1.807) is 15.9 Å². The summed E-state index contributed by atoms with van der Waals surface area (Å²) in [5.74, 6) is -2.17. The van der Waals surface area contributed by atoms with Crippen molar-refractivity contribution in [1.29, 1.82) is 0 Å². The van der Waals surface area contributed by atoms with E-state index in [4.69, 9.17) is 4.74 Å². The molecule has 5 aliphatic rings. The van der Waals surface area contributed by atoms with Crippen molar-refractivity contribution >= 4 is 41.5 Å². The van der Waals surface area contributed by atoms with Crippen LogP contribution in [0.1, 0.15) is 122 Å². The fourth-order valence-electron chi connectivity index (χ4n) is 8.66. The van der Waals surface area contributed by atoms with Crippen molar-refractivity contribution in [2.75, 3.05) is 6.54 Å². The molecule has 0 aliphatic carbocycles. The molecular formula is C38H43N5O8. The predicted molar refractivity (Wildman–Crippen MR) is 182 cm³/mol. The first-order valence-electron chi connectivity index (χ1n) is 17.6.